The molecule has 0 saturated carbocycles. The fraction of sp³-hybridized carbons (Fsp3) is 0.263. The van der Waals surface area contributed by atoms with Gasteiger partial charge in [-0.3, -0.25) is 0 Å². The fourth-order valence-electron chi connectivity index (χ4n) is 2.86. The van der Waals surface area contributed by atoms with Gasteiger partial charge in [-0.25, -0.2) is 9.59 Å². The van der Waals surface area contributed by atoms with Gasteiger partial charge in [-0.15, -0.1) is 0 Å². The van der Waals surface area contributed by atoms with Crippen LogP contribution in [0.2, 0.25) is 0 Å². The van der Waals surface area contributed by atoms with Crippen molar-refractivity contribution in [3.63, 3.8) is 0 Å². The average molecular weight is 312 g/mol. The monoisotopic (exact) mass is 312 g/mol. The van der Waals surface area contributed by atoms with Gasteiger partial charge in [-0.05, 0) is 41.5 Å². The van der Waals surface area contributed by atoms with E-state index in [1.54, 1.807) is 24.3 Å². The molecule has 2 aromatic carbocycles. The molecule has 0 atom stereocenters. The molecule has 0 saturated heterocycles. The topological polar surface area (TPSA) is 74.6 Å². The molecule has 4 heteroatoms. The van der Waals surface area contributed by atoms with Crippen LogP contribution in [0.25, 0.3) is 0 Å². The van der Waals surface area contributed by atoms with Gasteiger partial charge in [0.1, 0.15) is 0 Å². The van der Waals surface area contributed by atoms with E-state index < -0.39 is 11.9 Å². The Kier molecular flexibility index (Phi) is 4.84. The largest absolute Gasteiger partial charge is 0.478 e. The first-order valence-corrected chi connectivity index (χ1v) is 7.42. The predicted octanol–water partition coefficient (Wildman–Crippen LogP) is 3.89. The van der Waals surface area contributed by atoms with Crippen LogP contribution in [0.3, 0.4) is 0 Å². The van der Waals surface area contributed by atoms with E-state index in [9.17, 15) is 19.8 Å². The van der Waals surface area contributed by atoms with Crippen molar-refractivity contribution in [1.29, 1.82) is 0 Å². The molecule has 120 valence electrons. The lowest BCUT2D eigenvalue weighted by atomic mass is 9.78. The summed E-state index contributed by atoms with van der Waals surface area (Å²) in [6.45, 7) is 4.04. The standard InChI is InChI=1S/C19H20O4/c1-19(2,11-13-7-3-5-9-15(13)17(20)21)12-14-8-4-6-10-16(14)18(22)23/h3-10H,11-12H2,1-2H3,(H,20,21)(H,22,23). The molecule has 2 N–H and O–H groups in total. The normalized spacial score (nSPS) is 11.2. The number of carboxylic acid groups (broad SMARTS) is 2. The summed E-state index contributed by atoms with van der Waals surface area (Å²) in [6.07, 6.45) is 1.12. The van der Waals surface area contributed by atoms with E-state index in [1.807, 2.05) is 38.1 Å². The van der Waals surface area contributed by atoms with Crippen LogP contribution in [0.5, 0.6) is 0 Å². The Morgan fingerprint density at radius 2 is 1.13 bits per heavy atom. The Morgan fingerprint density at radius 3 is 1.48 bits per heavy atom. The highest BCUT2D eigenvalue weighted by atomic mass is 16.4. The highest BCUT2D eigenvalue weighted by molar-refractivity contribution is 5.90. The third-order valence-electron chi connectivity index (χ3n) is 3.83. The van der Waals surface area contributed by atoms with Gasteiger partial charge in [-0.1, -0.05) is 50.2 Å². The lowest BCUT2D eigenvalue weighted by Crippen LogP contribution is -2.21. The Bertz CT molecular complexity index is 670. The molecule has 0 unspecified atom stereocenters. The number of hydrogen-bond acceptors (Lipinski definition) is 2. The maximum Gasteiger partial charge on any atom is 0.335 e. The van der Waals surface area contributed by atoms with Crippen molar-refractivity contribution >= 4 is 11.9 Å². The molecule has 0 amide bonds. The summed E-state index contributed by atoms with van der Waals surface area (Å²) in [4.78, 5) is 22.7. The molecule has 0 heterocycles. The van der Waals surface area contributed by atoms with Crippen molar-refractivity contribution in [3.05, 3.63) is 70.8 Å². The Morgan fingerprint density at radius 1 is 0.783 bits per heavy atom. The van der Waals surface area contributed by atoms with Crippen LogP contribution in [0.4, 0.5) is 0 Å². The molecule has 0 bridgehead atoms. The fourth-order valence-corrected chi connectivity index (χ4v) is 2.86. The van der Waals surface area contributed by atoms with E-state index in [2.05, 4.69) is 0 Å². The van der Waals surface area contributed by atoms with Crippen molar-refractivity contribution in [3.8, 4) is 0 Å². The van der Waals surface area contributed by atoms with E-state index in [-0.39, 0.29) is 5.41 Å². The first-order valence-electron chi connectivity index (χ1n) is 7.42. The minimum absolute atomic E-state index is 0.267. The first-order chi connectivity index (χ1) is 10.8. The molecule has 2 rings (SSSR count). The molecule has 0 aliphatic carbocycles. The highest BCUT2D eigenvalue weighted by Gasteiger charge is 2.24. The van der Waals surface area contributed by atoms with E-state index in [4.69, 9.17) is 0 Å². The molecular formula is C19H20O4. The summed E-state index contributed by atoms with van der Waals surface area (Å²) in [6, 6.07) is 13.9. The SMILES string of the molecule is CC(C)(Cc1ccccc1C(=O)O)Cc1ccccc1C(=O)O. The maximum absolute atomic E-state index is 11.3. The third kappa shape index (κ3) is 4.19. The average Bonchev–Trinajstić information content (AvgIpc) is 2.47. The van der Waals surface area contributed by atoms with Crippen molar-refractivity contribution in [2.75, 3.05) is 0 Å². The quantitative estimate of drug-likeness (QED) is 0.848. The second-order valence-corrected chi connectivity index (χ2v) is 6.44. The first kappa shape index (κ1) is 16.7. The van der Waals surface area contributed by atoms with Crippen LogP contribution in [-0.2, 0) is 12.8 Å². The number of benzene rings is 2. The van der Waals surface area contributed by atoms with Gasteiger partial charge in [0.05, 0.1) is 11.1 Å². The van der Waals surface area contributed by atoms with Crippen molar-refractivity contribution in [1.82, 2.24) is 0 Å². The summed E-state index contributed by atoms with van der Waals surface area (Å²) >= 11 is 0. The number of hydrogen-bond donors (Lipinski definition) is 2. The summed E-state index contributed by atoms with van der Waals surface area (Å²) in [5, 5.41) is 18.6. The van der Waals surface area contributed by atoms with Gasteiger partial charge in [-0.2, -0.15) is 0 Å². The lowest BCUT2D eigenvalue weighted by molar-refractivity contribution is 0.0685. The van der Waals surface area contributed by atoms with Gasteiger partial charge in [0.2, 0.25) is 0 Å². The van der Waals surface area contributed by atoms with Gasteiger partial charge >= 0.3 is 11.9 Å². The molecule has 0 aromatic heterocycles. The number of rotatable bonds is 6. The minimum atomic E-state index is -0.942. The zero-order valence-corrected chi connectivity index (χ0v) is 13.2. The number of carbonyl (C=O) groups is 2. The molecule has 0 spiro atoms. The van der Waals surface area contributed by atoms with Gasteiger partial charge in [0, 0.05) is 0 Å². The zero-order chi connectivity index (χ0) is 17.0. The van der Waals surface area contributed by atoms with Crippen molar-refractivity contribution in [2.24, 2.45) is 5.41 Å². The molecule has 2 aromatic rings. The number of aromatic carboxylic acids is 2. The van der Waals surface area contributed by atoms with Crippen molar-refractivity contribution < 1.29 is 19.8 Å². The van der Waals surface area contributed by atoms with E-state index in [0.29, 0.717) is 24.0 Å². The minimum Gasteiger partial charge on any atom is -0.478 e. The maximum atomic E-state index is 11.3. The Labute approximate surface area is 135 Å². The molecule has 23 heavy (non-hydrogen) atoms. The van der Waals surface area contributed by atoms with Crippen LogP contribution < -0.4 is 0 Å². The van der Waals surface area contributed by atoms with Crippen molar-refractivity contribution in [2.45, 2.75) is 26.7 Å². The van der Waals surface area contributed by atoms with Crippen LogP contribution in [-0.4, -0.2) is 22.2 Å². The second-order valence-electron chi connectivity index (χ2n) is 6.44. The summed E-state index contributed by atoms with van der Waals surface area (Å²) in [5.41, 5.74) is 1.85. The zero-order valence-electron chi connectivity index (χ0n) is 13.2. The van der Waals surface area contributed by atoms with Crippen LogP contribution in [0.1, 0.15) is 45.7 Å². The van der Waals surface area contributed by atoms with Crippen LogP contribution >= 0.6 is 0 Å². The van der Waals surface area contributed by atoms with E-state index in [0.717, 1.165) is 11.1 Å². The lowest BCUT2D eigenvalue weighted by Gasteiger charge is -2.26. The number of carboxylic acids is 2. The highest BCUT2D eigenvalue weighted by Crippen LogP contribution is 2.29. The summed E-state index contributed by atoms with van der Waals surface area (Å²) < 4.78 is 0. The molecule has 0 aliphatic heterocycles. The molecule has 0 radical (unpaired) electrons. The molecular weight excluding hydrogens is 292 g/mol. The molecule has 0 fully saturated rings. The molecule has 0 aliphatic rings. The van der Waals surface area contributed by atoms with Crippen LogP contribution in [0, 0.1) is 5.41 Å². The smallest absolute Gasteiger partial charge is 0.335 e. The van der Waals surface area contributed by atoms with Gasteiger partial charge in [0.15, 0.2) is 0 Å². The van der Waals surface area contributed by atoms with E-state index >= 15 is 0 Å². The predicted molar refractivity (Wildman–Crippen MR) is 88.0 cm³/mol. The second kappa shape index (κ2) is 6.65. The summed E-state index contributed by atoms with van der Waals surface area (Å²) in [5.74, 6) is -1.88. The Balaban J connectivity index is 2.27. The summed E-state index contributed by atoms with van der Waals surface area (Å²) in [7, 11) is 0. The van der Waals surface area contributed by atoms with Gasteiger partial charge in [0.25, 0.3) is 0 Å². The van der Waals surface area contributed by atoms with Crippen LogP contribution in [0.15, 0.2) is 48.5 Å². The Hall–Kier alpha value is -2.62. The third-order valence-corrected chi connectivity index (χ3v) is 3.83. The molecule has 4 nitrogen and oxygen atoms in total. The van der Waals surface area contributed by atoms with Gasteiger partial charge < -0.3 is 10.2 Å². The van der Waals surface area contributed by atoms with E-state index in [1.165, 1.54) is 0 Å².